The van der Waals surface area contributed by atoms with Gasteiger partial charge in [0, 0.05) is 0 Å². The second-order valence-corrected chi connectivity index (χ2v) is 6.73. The first kappa shape index (κ1) is 16.1. The Labute approximate surface area is 133 Å². The first-order valence-electron chi connectivity index (χ1n) is 7.59. The van der Waals surface area contributed by atoms with Gasteiger partial charge in [-0.1, -0.05) is 63.2 Å². The normalized spacial score (nSPS) is 12.7. The third kappa shape index (κ3) is 3.88. The fourth-order valence-corrected chi connectivity index (χ4v) is 2.47. The first-order chi connectivity index (χ1) is 10.3. The van der Waals surface area contributed by atoms with E-state index in [0.29, 0.717) is 0 Å². The Balaban J connectivity index is 2.28. The molecule has 1 unspecified atom stereocenters. The maximum Gasteiger partial charge on any atom is 0.186 e. The molecule has 0 aromatic heterocycles. The van der Waals surface area contributed by atoms with Crippen molar-refractivity contribution in [2.24, 2.45) is 5.73 Å². The van der Waals surface area contributed by atoms with E-state index in [1.165, 1.54) is 16.7 Å². The number of nitrogens with one attached hydrogen (secondary N) is 2. The number of rotatable bonds is 3. The summed E-state index contributed by atoms with van der Waals surface area (Å²) in [5.41, 5.74) is 10.4. The molecule has 0 heterocycles. The molecule has 0 amide bonds. The summed E-state index contributed by atoms with van der Waals surface area (Å²) in [6.07, 6.45) is 0. The number of nitrogens with two attached hydrogens (primary N) is 1. The summed E-state index contributed by atoms with van der Waals surface area (Å²) in [6, 6.07) is 17.1. The Morgan fingerprint density at radius 2 is 1.68 bits per heavy atom. The molecule has 0 saturated heterocycles. The van der Waals surface area contributed by atoms with Gasteiger partial charge in [0.15, 0.2) is 5.96 Å². The van der Waals surface area contributed by atoms with Crippen LogP contribution in [0.4, 0.5) is 0 Å². The second-order valence-electron chi connectivity index (χ2n) is 6.73. The number of hydrogen-bond donors (Lipinski definition) is 3. The van der Waals surface area contributed by atoms with Crippen LogP contribution in [0, 0.1) is 5.41 Å². The van der Waals surface area contributed by atoms with Crippen LogP contribution in [0.2, 0.25) is 0 Å². The Bertz CT molecular complexity index is 651. The highest BCUT2D eigenvalue weighted by Crippen LogP contribution is 2.27. The first-order valence-corrected chi connectivity index (χ1v) is 7.59. The number of benzene rings is 2. The molecule has 3 heteroatoms. The van der Waals surface area contributed by atoms with Crippen LogP contribution in [-0.4, -0.2) is 5.96 Å². The molecule has 0 aliphatic rings. The highest BCUT2D eigenvalue weighted by atomic mass is 15.1. The molecule has 0 spiro atoms. The van der Waals surface area contributed by atoms with Gasteiger partial charge in [-0.2, -0.15) is 0 Å². The summed E-state index contributed by atoms with van der Waals surface area (Å²) in [5.74, 6) is -0.00701. The Kier molecular flexibility index (Phi) is 4.55. The summed E-state index contributed by atoms with van der Waals surface area (Å²) in [5, 5.41) is 10.3. The zero-order valence-corrected chi connectivity index (χ0v) is 13.8. The molecule has 2 aromatic rings. The quantitative estimate of drug-likeness (QED) is 0.587. The van der Waals surface area contributed by atoms with Gasteiger partial charge in [0.2, 0.25) is 0 Å². The van der Waals surface area contributed by atoms with Crippen molar-refractivity contribution in [2.45, 2.75) is 39.2 Å². The van der Waals surface area contributed by atoms with Crippen LogP contribution in [-0.2, 0) is 5.41 Å². The van der Waals surface area contributed by atoms with Crippen molar-refractivity contribution in [1.29, 1.82) is 5.41 Å². The van der Waals surface area contributed by atoms with Crippen LogP contribution in [0.3, 0.4) is 0 Å². The summed E-state index contributed by atoms with van der Waals surface area (Å²) < 4.78 is 0. The molecule has 2 rings (SSSR count). The smallest absolute Gasteiger partial charge is 0.186 e. The monoisotopic (exact) mass is 295 g/mol. The summed E-state index contributed by atoms with van der Waals surface area (Å²) in [7, 11) is 0. The van der Waals surface area contributed by atoms with Crippen LogP contribution >= 0.6 is 0 Å². The average Bonchev–Trinajstić information content (AvgIpc) is 2.46. The van der Waals surface area contributed by atoms with E-state index in [4.69, 9.17) is 11.1 Å². The molecular formula is C19H25N3. The van der Waals surface area contributed by atoms with E-state index in [1.807, 2.05) is 19.1 Å². The van der Waals surface area contributed by atoms with E-state index in [9.17, 15) is 0 Å². The van der Waals surface area contributed by atoms with Crippen molar-refractivity contribution in [3.05, 3.63) is 59.7 Å². The van der Waals surface area contributed by atoms with Gasteiger partial charge in [0.25, 0.3) is 0 Å². The lowest BCUT2D eigenvalue weighted by molar-refractivity contribution is 0.590. The van der Waals surface area contributed by atoms with Crippen LogP contribution in [0.25, 0.3) is 11.1 Å². The van der Waals surface area contributed by atoms with Crippen molar-refractivity contribution in [1.82, 2.24) is 5.32 Å². The van der Waals surface area contributed by atoms with E-state index in [2.05, 4.69) is 62.5 Å². The SMILES string of the molecule is CC(NC(=N)N)c1cccc(-c2ccc(C(C)(C)C)cc2)c1. The Hall–Kier alpha value is -2.29. The van der Waals surface area contributed by atoms with Gasteiger partial charge >= 0.3 is 0 Å². The van der Waals surface area contributed by atoms with E-state index in [1.54, 1.807) is 0 Å². The minimum absolute atomic E-state index is 0.00701. The third-order valence-electron chi connectivity index (χ3n) is 3.84. The van der Waals surface area contributed by atoms with Crippen LogP contribution < -0.4 is 11.1 Å². The maximum atomic E-state index is 7.34. The predicted octanol–water partition coefficient (Wildman–Crippen LogP) is 4.20. The van der Waals surface area contributed by atoms with Crippen molar-refractivity contribution >= 4 is 5.96 Å². The summed E-state index contributed by atoms with van der Waals surface area (Å²) >= 11 is 0. The average molecular weight is 295 g/mol. The standard InChI is InChI=1S/C19H25N3/c1-13(22-18(20)21)15-6-5-7-16(12-15)14-8-10-17(11-9-14)19(2,3)4/h5-13H,1-4H3,(H4,20,21,22). The van der Waals surface area contributed by atoms with E-state index >= 15 is 0 Å². The number of hydrogen-bond acceptors (Lipinski definition) is 1. The van der Waals surface area contributed by atoms with Gasteiger partial charge < -0.3 is 11.1 Å². The minimum Gasteiger partial charge on any atom is -0.370 e. The van der Waals surface area contributed by atoms with Gasteiger partial charge in [-0.05, 0) is 40.7 Å². The molecule has 0 saturated carbocycles. The summed E-state index contributed by atoms with van der Waals surface area (Å²) in [6.45, 7) is 8.66. The predicted molar refractivity (Wildman–Crippen MR) is 94.0 cm³/mol. The van der Waals surface area contributed by atoms with Crippen molar-refractivity contribution in [2.75, 3.05) is 0 Å². The second kappa shape index (κ2) is 6.22. The van der Waals surface area contributed by atoms with Crippen molar-refractivity contribution in [3.8, 4) is 11.1 Å². The number of guanidine groups is 1. The van der Waals surface area contributed by atoms with Crippen molar-refractivity contribution < 1.29 is 0 Å². The fourth-order valence-electron chi connectivity index (χ4n) is 2.47. The lowest BCUT2D eigenvalue weighted by Crippen LogP contribution is -2.32. The third-order valence-corrected chi connectivity index (χ3v) is 3.84. The zero-order valence-electron chi connectivity index (χ0n) is 13.8. The van der Waals surface area contributed by atoms with Crippen LogP contribution in [0.5, 0.6) is 0 Å². The van der Waals surface area contributed by atoms with Crippen molar-refractivity contribution in [3.63, 3.8) is 0 Å². The molecule has 22 heavy (non-hydrogen) atoms. The zero-order chi connectivity index (χ0) is 16.3. The van der Waals surface area contributed by atoms with Crippen LogP contribution in [0.15, 0.2) is 48.5 Å². The van der Waals surface area contributed by atoms with E-state index < -0.39 is 0 Å². The molecule has 2 aromatic carbocycles. The Morgan fingerprint density at radius 3 is 2.23 bits per heavy atom. The lowest BCUT2D eigenvalue weighted by atomic mass is 9.86. The lowest BCUT2D eigenvalue weighted by Gasteiger charge is -2.19. The molecular weight excluding hydrogens is 270 g/mol. The molecule has 0 aliphatic heterocycles. The van der Waals surface area contributed by atoms with Gasteiger partial charge in [0.1, 0.15) is 0 Å². The Morgan fingerprint density at radius 1 is 1.05 bits per heavy atom. The van der Waals surface area contributed by atoms with Gasteiger partial charge in [-0.15, -0.1) is 0 Å². The highest BCUT2D eigenvalue weighted by Gasteiger charge is 2.13. The molecule has 0 bridgehead atoms. The van der Waals surface area contributed by atoms with Gasteiger partial charge in [0.05, 0.1) is 6.04 Å². The molecule has 4 N–H and O–H groups in total. The maximum absolute atomic E-state index is 7.34. The van der Waals surface area contributed by atoms with E-state index in [-0.39, 0.29) is 17.4 Å². The van der Waals surface area contributed by atoms with E-state index in [0.717, 1.165) is 5.56 Å². The fraction of sp³-hybridized carbons (Fsp3) is 0.316. The molecule has 0 fully saturated rings. The molecule has 0 aliphatic carbocycles. The molecule has 3 nitrogen and oxygen atoms in total. The highest BCUT2D eigenvalue weighted by molar-refractivity contribution is 5.75. The molecule has 116 valence electrons. The molecule has 1 atom stereocenters. The summed E-state index contributed by atoms with van der Waals surface area (Å²) in [4.78, 5) is 0. The topological polar surface area (TPSA) is 61.9 Å². The van der Waals surface area contributed by atoms with Gasteiger partial charge in [-0.3, -0.25) is 5.41 Å². The molecule has 0 radical (unpaired) electrons. The largest absolute Gasteiger partial charge is 0.370 e. The minimum atomic E-state index is -0.00701. The van der Waals surface area contributed by atoms with Crippen LogP contribution in [0.1, 0.15) is 44.9 Å². The van der Waals surface area contributed by atoms with Gasteiger partial charge in [-0.25, -0.2) is 0 Å².